The molecule has 1 saturated heterocycles. The Morgan fingerprint density at radius 3 is 3.16 bits per heavy atom. The number of nitrogens with zero attached hydrogens (tertiary/aromatic N) is 1. The molecule has 1 atom stereocenters. The molecule has 0 aliphatic carbocycles. The lowest BCUT2D eigenvalue weighted by atomic mass is 10.1. The van der Waals surface area contributed by atoms with Crippen LogP contribution in [0.15, 0.2) is 24.3 Å². The van der Waals surface area contributed by atoms with Crippen molar-refractivity contribution in [2.45, 2.75) is 12.8 Å². The molecule has 100 valence electrons. The van der Waals surface area contributed by atoms with E-state index in [4.69, 9.17) is 0 Å². The van der Waals surface area contributed by atoms with Crippen LogP contribution in [0.5, 0.6) is 0 Å². The highest BCUT2D eigenvalue weighted by molar-refractivity contribution is 6.04. The normalized spacial score (nSPS) is 18.8. The van der Waals surface area contributed by atoms with Gasteiger partial charge in [0.15, 0.2) is 5.69 Å². The van der Waals surface area contributed by atoms with Crippen LogP contribution < -0.4 is 10.6 Å². The number of amides is 1. The van der Waals surface area contributed by atoms with Crippen LogP contribution in [0.2, 0.25) is 0 Å². The zero-order valence-corrected chi connectivity index (χ0v) is 10.8. The van der Waals surface area contributed by atoms with E-state index in [1.165, 1.54) is 6.42 Å². The lowest BCUT2D eigenvalue weighted by molar-refractivity contribution is 0.0948. The van der Waals surface area contributed by atoms with Crippen LogP contribution in [0.3, 0.4) is 0 Å². The Bertz CT molecular complexity index is 572. The summed E-state index contributed by atoms with van der Waals surface area (Å²) < 4.78 is 0. The topological polar surface area (TPSA) is 69.8 Å². The van der Waals surface area contributed by atoms with E-state index in [2.05, 4.69) is 20.8 Å². The summed E-state index contributed by atoms with van der Waals surface area (Å²) in [7, 11) is 0. The average molecular weight is 258 g/mol. The summed E-state index contributed by atoms with van der Waals surface area (Å²) in [6, 6.07) is 7.67. The summed E-state index contributed by atoms with van der Waals surface area (Å²) in [6.07, 6.45) is 2.24. The average Bonchev–Trinajstić information content (AvgIpc) is 3.07. The zero-order chi connectivity index (χ0) is 13.1. The Morgan fingerprint density at radius 2 is 2.32 bits per heavy atom. The van der Waals surface area contributed by atoms with Gasteiger partial charge in [0, 0.05) is 11.9 Å². The van der Waals surface area contributed by atoms with Gasteiger partial charge in [0.1, 0.15) is 0 Å². The first-order valence-electron chi connectivity index (χ1n) is 6.76. The Hall–Kier alpha value is -1.88. The second-order valence-electron chi connectivity index (χ2n) is 5.02. The molecule has 1 aromatic heterocycles. The summed E-state index contributed by atoms with van der Waals surface area (Å²) in [5, 5.41) is 14.1. The van der Waals surface area contributed by atoms with Crippen molar-refractivity contribution in [3.8, 4) is 0 Å². The highest BCUT2D eigenvalue weighted by atomic mass is 16.1. The minimum Gasteiger partial charge on any atom is -0.351 e. The lowest BCUT2D eigenvalue weighted by Crippen LogP contribution is -2.26. The molecular weight excluding hydrogens is 240 g/mol. The van der Waals surface area contributed by atoms with Crippen molar-refractivity contribution in [2.24, 2.45) is 5.92 Å². The van der Waals surface area contributed by atoms with Gasteiger partial charge in [-0.05, 0) is 37.9 Å². The first kappa shape index (κ1) is 12.2. The maximum atomic E-state index is 12.1. The van der Waals surface area contributed by atoms with Crippen LogP contribution in [0.4, 0.5) is 0 Å². The van der Waals surface area contributed by atoms with Crippen molar-refractivity contribution in [1.82, 2.24) is 20.8 Å². The molecule has 3 N–H and O–H groups in total. The van der Waals surface area contributed by atoms with Crippen molar-refractivity contribution in [3.63, 3.8) is 0 Å². The number of hydrogen-bond donors (Lipinski definition) is 3. The molecule has 1 aliphatic heterocycles. The van der Waals surface area contributed by atoms with Gasteiger partial charge in [-0.1, -0.05) is 18.2 Å². The molecule has 5 heteroatoms. The van der Waals surface area contributed by atoms with Gasteiger partial charge in [0.25, 0.3) is 5.91 Å². The van der Waals surface area contributed by atoms with Crippen molar-refractivity contribution in [3.05, 3.63) is 30.0 Å². The highest BCUT2D eigenvalue weighted by Gasteiger charge is 2.16. The summed E-state index contributed by atoms with van der Waals surface area (Å²) in [5.74, 6) is 0.597. The SMILES string of the molecule is O=C(NCCC1CCNC1)c1n[nH]c2ccccc12. The third-order valence-corrected chi connectivity index (χ3v) is 3.69. The second-order valence-corrected chi connectivity index (χ2v) is 5.02. The standard InChI is InChI=1S/C14H18N4O/c19-14(16-8-6-10-5-7-15-9-10)13-11-3-1-2-4-12(11)17-18-13/h1-4,10,15H,5-9H2,(H,16,19)(H,17,18). The lowest BCUT2D eigenvalue weighted by Gasteiger charge is -2.08. The molecule has 5 nitrogen and oxygen atoms in total. The van der Waals surface area contributed by atoms with E-state index in [-0.39, 0.29) is 5.91 Å². The van der Waals surface area contributed by atoms with Gasteiger partial charge in [0.05, 0.1) is 5.52 Å². The van der Waals surface area contributed by atoms with Gasteiger partial charge in [-0.15, -0.1) is 0 Å². The van der Waals surface area contributed by atoms with E-state index in [1.54, 1.807) is 0 Å². The minimum atomic E-state index is -0.0941. The molecule has 0 saturated carbocycles. The van der Waals surface area contributed by atoms with Gasteiger partial charge in [-0.3, -0.25) is 9.89 Å². The summed E-state index contributed by atoms with van der Waals surface area (Å²) in [5.41, 5.74) is 1.38. The second kappa shape index (κ2) is 5.40. The fraction of sp³-hybridized carbons (Fsp3) is 0.429. The van der Waals surface area contributed by atoms with Crippen LogP contribution in [0.25, 0.3) is 10.9 Å². The van der Waals surface area contributed by atoms with Crippen LogP contribution in [0, 0.1) is 5.92 Å². The Labute approximate surface area is 111 Å². The number of carbonyl (C=O) groups excluding carboxylic acids is 1. The molecule has 2 heterocycles. The predicted molar refractivity (Wildman–Crippen MR) is 74.0 cm³/mol. The third-order valence-electron chi connectivity index (χ3n) is 3.69. The molecule has 19 heavy (non-hydrogen) atoms. The molecule has 1 aliphatic rings. The summed E-state index contributed by atoms with van der Waals surface area (Å²) in [6.45, 7) is 2.89. The van der Waals surface area contributed by atoms with Crippen LogP contribution in [-0.2, 0) is 0 Å². The fourth-order valence-electron chi connectivity index (χ4n) is 2.57. The Kier molecular flexibility index (Phi) is 3.46. The third kappa shape index (κ3) is 2.61. The van der Waals surface area contributed by atoms with Gasteiger partial charge < -0.3 is 10.6 Å². The number of fused-ring (bicyclic) bond motifs is 1. The summed E-state index contributed by atoms with van der Waals surface area (Å²) in [4.78, 5) is 12.1. The van der Waals surface area contributed by atoms with Crippen molar-refractivity contribution >= 4 is 16.8 Å². The maximum Gasteiger partial charge on any atom is 0.272 e. The quantitative estimate of drug-likeness (QED) is 0.774. The number of rotatable bonds is 4. The molecule has 1 unspecified atom stereocenters. The van der Waals surface area contributed by atoms with Gasteiger partial charge >= 0.3 is 0 Å². The molecular formula is C14H18N4O. The van der Waals surface area contributed by atoms with E-state index >= 15 is 0 Å². The van der Waals surface area contributed by atoms with E-state index in [0.29, 0.717) is 18.2 Å². The minimum absolute atomic E-state index is 0.0941. The molecule has 0 spiro atoms. The largest absolute Gasteiger partial charge is 0.351 e. The molecule has 1 fully saturated rings. The van der Waals surface area contributed by atoms with Crippen LogP contribution in [-0.4, -0.2) is 35.7 Å². The summed E-state index contributed by atoms with van der Waals surface area (Å²) >= 11 is 0. The maximum absolute atomic E-state index is 12.1. The number of para-hydroxylation sites is 1. The van der Waals surface area contributed by atoms with E-state index in [0.717, 1.165) is 30.4 Å². The van der Waals surface area contributed by atoms with Crippen molar-refractivity contribution < 1.29 is 4.79 Å². The van der Waals surface area contributed by atoms with Gasteiger partial charge in [-0.25, -0.2) is 0 Å². The Balaban J connectivity index is 1.60. The van der Waals surface area contributed by atoms with Crippen molar-refractivity contribution in [2.75, 3.05) is 19.6 Å². The van der Waals surface area contributed by atoms with E-state index in [1.807, 2.05) is 24.3 Å². The molecule has 1 amide bonds. The molecule has 1 aromatic carbocycles. The van der Waals surface area contributed by atoms with E-state index in [9.17, 15) is 4.79 Å². The molecule has 2 aromatic rings. The van der Waals surface area contributed by atoms with Crippen LogP contribution >= 0.6 is 0 Å². The number of benzene rings is 1. The number of aromatic amines is 1. The monoisotopic (exact) mass is 258 g/mol. The molecule has 0 radical (unpaired) electrons. The van der Waals surface area contributed by atoms with Crippen molar-refractivity contribution in [1.29, 1.82) is 0 Å². The first-order valence-corrected chi connectivity index (χ1v) is 6.76. The number of aromatic nitrogens is 2. The Morgan fingerprint density at radius 1 is 1.42 bits per heavy atom. The molecule has 3 rings (SSSR count). The van der Waals surface area contributed by atoms with Gasteiger partial charge in [-0.2, -0.15) is 5.10 Å². The fourth-order valence-corrected chi connectivity index (χ4v) is 2.57. The highest BCUT2D eigenvalue weighted by Crippen LogP contribution is 2.15. The zero-order valence-electron chi connectivity index (χ0n) is 10.8. The number of H-pyrrole nitrogens is 1. The van der Waals surface area contributed by atoms with Crippen LogP contribution in [0.1, 0.15) is 23.3 Å². The number of carbonyl (C=O) groups is 1. The van der Waals surface area contributed by atoms with E-state index < -0.39 is 0 Å². The number of hydrogen-bond acceptors (Lipinski definition) is 3. The first-order chi connectivity index (χ1) is 9.34. The molecule has 0 bridgehead atoms. The van der Waals surface area contributed by atoms with Gasteiger partial charge in [0.2, 0.25) is 0 Å². The smallest absolute Gasteiger partial charge is 0.272 e. The predicted octanol–water partition coefficient (Wildman–Crippen LogP) is 1.29. The number of nitrogens with one attached hydrogen (secondary N) is 3.